The Morgan fingerprint density at radius 1 is 1.10 bits per heavy atom. The van der Waals surface area contributed by atoms with Crippen molar-refractivity contribution in [1.29, 1.82) is 0 Å². The summed E-state index contributed by atoms with van der Waals surface area (Å²) in [5.74, 6) is -0.162. The van der Waals surface area contributed by atoms with Gasteiger partial charge in [0.05, 0.1) is 5.69 Å². The molecule has 4 rings (SSSR count). The number of rotatable bonds is 4. The first-order valence-corrected chi connectivity index (χ1v) is 10.2. The molecule has 0 saturated carbocycles. The summed E-state index contributed by atoms with van der Waals surface area (Å²) in [6.45, 7) is 6.25. The quantitative estimate of drug-likeness (QED) is 0.632. The molecule has 0 unspecified atom stereocenters. The van der Waals surface area contributed by atoms with Crippen molar-refractivity contribution in [3.05, 3.63) is 76.4 Å². The first-order valence-electron chi connectivity index (χ1n) is 10.2. The standard InChI is InChI=1S/C24H26FN3O/c1-15(2)19-9-6-7-16(3)22(19)26-24(29)23-20-8-4-5-10-21(20)28(27-23)18-13-11-17(25)12-14-18/h6-7,9,11-15H,4-5,8,10H2,1-3H3,(H,26,29). The molecule has 0 aliphatic heterocycles. The number of aromatic nitrogens is 2. The molecular weight excluding hydrogens is 365 g/mol. The van der Waals surface area contributed by atoms with Crippen LogP contribution in [0.4, 0.5) is 10.1 Å². The summed E-state index contributed by atoms with van der Waals surface area (Å²) in [5.41, 5.74) is 6.35. The van der Waals surface area contributed by atoms with Gasteiger partial charge in [-0.15, -0.1) is 0 Å². The smallest absolute Gasteiger partial charge is 0.276 e. The second kappa shape index (κ2) is 7.82. The van der Waals surface area contributed by atoms with E-state index in [1.165, 1.54) is 12.1 Å². The van der Waals surface area contributed by atoms with Crippen LogP contribution in [0.3, 0.4) is 0 Å². The molecule has 0 atom stereocenters. The van der Waals surface area contributed by atoms with Crippen LogP contribution in [-0.4, -0.2) is 15.7 Å². The van der Waals surface area contributed by atoms with Crippen molar-refractivity contribution >= 4 is 11.6 Å². The van der Waals surface area contributed by atoms with E-state index in [0.717, 1.165) is 59.4 Å². The fourth-order valence-corrected chi connectivity index (χ4v) is 4.09. The molecule has 0 fully saturated rings. The Balaban J connectivity index is 1.74. The number of amides is 1. The molecule has 0 radical (unpaired) electrons. The van der Waals surface area contributed by atoms with Gasteiger partial charge in [-0.2, -0.15) is 5.10 Å². The van der Waals surface area contributed by atoms with Gasteiger partial charge in [0.15, 0.2) is 5.69 Å². The van der Waals surface area contributed by atoms with E-state index in [0.29, 0.717) is 11.6 Å². The number of nitrogens with one attached hydrogen (secondary N) is 1. The topological polar surface area (TPSA) is 46.9 Å². The first-order chi connectivity index (χ1) is 14.0. The van der Waals surface area contributed by atoms with Crippen molar-refractivity contribution < 1.29 is 9.18 Å². The number of para-hydroxylation sites is 1. The van der Waals surface area contributed by atoms with Crippen molar-refractivity contribution in [3.8, 4) is 5.69 Å². The van der Waals surface area contributed by atoms with E-state index in [1.807, 2.05) is 23.7 Å². The molecule has 29 heavy (non-hydrogen) atoms. The maximum Gasteiger partial charge on any atom is 0.276 e. The Hall–Kier alpha value is -2.95. The maximum atomic E-state index is 13.4. The summed E-state index contributed by atoms with van der Waals surface area (Å²) in [7, 11) is 0. The molecule has 1 N–H and O–H groups in total. The lowest BCUT2D eigenvalue weighted by molar-refractivity contribution is 0.102. The van der Waals surface area contributed by atoms with E-state index in [9.17, 15) is 9.18 Å². The number of aryl methyl sites for hydroxylation is 1. The number of anilines is 1. The average Bonchev–Trinajstić information content (AvgIpc) is 3.10. The highest BCUT2D eigenvalue weighted by molar-refractivity contribution is 6.05. The Morgan fingerprint density at radius 3 is 2.55 bits per heavy atom. The van der Waals surface area contributed by atoms with Crippen LogP contribution in [0, 0.1) is 12.7 Å². The van der Waals surface area contributed by atoms with Gasteiger partial charge in [0.2, 0.25) is 0 Å². The molecule has 5 heteroatoms. The highest BCUT2D eigenvalue weighted by Crippen LogP contribution is 2.30. The SMILES string of the molecule is Cc1cccc(C(C)C)c1NC(=O)c1nn(-c2ccc(F)cc2)c2c1CCCC2. The number of fused-ring (bicyclic) bond motifs is 1. The largest absolute Gasteiger partial charge is 0.320 e. The summed E-state index contributed by atoms with van der Waals surface area (Å²) < 4.78 is 15.2. The van der Waals surface area contributed by atoms with Gasteiger partial charge in [0.25, 0.3) is 5.91 Å². The highest BCUT2D eigenvalue weighted by Gasteiger charge is 2.26. The lowest BCUT2D eigenvalue weighted by atomic mass is 9.95. The summed E-state index contributed by atoms with van der Waals surface area (Å²) in [6.07, 6.45) is 3.82. The molecule has 1 amide bonds. The zero-order chi connectivity index (χ0) is 20.5. The predicted molar refractivity (Wildman–Crippen MR) is 113 cm³/mol. The third kappa shape index (κ3) is 3.69. The van der Waals surface area contributed by atoms with Crippen LogP contribution in [-0.2, 0) is 12.8 Å². The number of hydrogen-bond donors (Lipinski definition) is 1. The van der Waals surface area contributed by atoms with Crippen molar-refractivity contribution in [2.75, 3.05) is 5.32 Å². The van der Waals surface area contributed by atoms with Gasteiger partial charge in [-0.3, -0.25) is 4.79 Å². The lowest BCUT2D eigenvalue weighted by Crippen LogP contribution is -2.17. The summed E-state index contributed by atoms with van der Waals surface area (Å²) in [5, 5.41) is 7.80. The zero-order valence-electron chi connectivity index (χ0n) is 17.1. The summed E-state index contributed by atoms with van der Waals surface area (Å²) in [6, 6.07) is 12.3. The molecule has 1 aliphatic rings. The first kappa shape index (κ1) is 19.4. The van der Waals surface area contributed by atoms with Gasteiger partial charge in [-0.1, -0.05) is 32.0 Å². The number of nitrogens with zero attached hydrogens (tertiary/aromatic N) is 2. The Labute approximate surface area is 170 Å². The molecule has 1 heterocycles. The van der Waals surface area contributed by atoms with Crippen molar-refractivity contribution in [3.63, 3.8) is 0 Å². The average molecular weight is 391 g/mol. The van der Waals surface area contributed by atoms with Gasteiger partial charge < -0.3 is 5.32 Å². The highest BCUT2D eigenvalue weighted by atomic mass is 19.1. The second-order valence-corrected chi connectivity index (χ2v) is 8.02. The van der Waals surface area contributed by atoms with Gasteiger partial charge in [0, 0.05) is 16.9 Å². The monoisotopic (exact) mass is 391 g/mol. The van der Waals surface area contributed by atoms with Crippen LogP contribution in [0.15, 0.2) is 42.5 Å². The van der Waals surface area contributed by atoms with Gasteiger partial charge >= 0.3 is 0 Å². The molecule has 1 aliphatic carbocycles. The number of benzene rings is 2. The molecule has 150 valence electrons. The van der Waals surface area contributed by atoms with E-state index in [4.69, 9.17) is 0 Å². The summed E-state index contributed by atoms with van der Waals surface area (Å²) >= 11 is 0. The third-order valence-electron chi connectivity index (χ3n) is 5.63. The van der Waals surface area contributed by atoms with Crippen molar-refractivity contribution in [2.45, 2.75) is 52.4 Å². The molecular formula is C24H26FN3O. The minimum Gasteiger partial charge on any atom is -0.320 e. The fourth-order valence-electron chi connectivity index (χ4n) is 4.09. The number of carbonyl (C=O) groups excluding carboxylic acids is 1. The van der Waals surface area contributed by atoms with E-state index in [1.54, 1.807) is 12.1 Å². The maximum absolute atomic E-state index is 13.4. The second-order valence-electron chi connectivity index (χ2n) is 8.02. The van der Waals surface area contributed by atoms with E-state index >= 15 is 0 Å². The van der Waals surface area contributed by atoms with Gasteiger partial charge in [-0.25, -0.2) is 9.07 Å². The van der Waals surface area contributed by atoms with E-state index < -0.39 is 0 Å². The van der Waals surface area contributed by atoms with Crippen LogP contribution in [0.5, 0.6) is 0 Å². The number of halogens is 1. The molecule has 2 aromatic carbocycles. The van der Waals surface area contributed by atoms with E-state index in [-0.39, 0.29) is 11.7 Å². The van der Waals surface area contributed by atoms with Gasteiger partial charge in [-0.05, 0) is 73.9 Å². The van der Waals surface area contributed by atoms with Crippen LogP contribution in [0.2, 0.25) is 0 Å². The fraction of sp³-hybridized carbons (Fsp3) is 0.333. The molecule has 1 aromatic heterocycles. The molecule has 0 bridgehead atoms. The Bertz CT molecular complexity index is 1050. The summed E-state index contributed by atoms with van der Waals surface area (Å²) in [4.78, 5) is 13.3. The van der Waals surface area contributed by atoms with Crippen molar-refractivity contribution in [2.24, 2.45) is 0 Å². The van der Waals surface area contributed by atoms with E-state index in [2.05, 4.69) is 30.3 Å². The minimum atomic E-state index is -0.284. The third-order valence-corrected chi connectivity index (χ3v) is 5.63. The molecule has 0 saturated heterocycles. The minimum absolute atomic E-state index is 0.180. The van der Waals surface area contributed by atoms with Crippen LogP contribution in [0.25, 0.3) is 5.69 Å². The predicted octanol–water partition coefficient (Wildman–Crippen LogP) is 5.57. The lowest BCUT2D eigenvalue weighted by Gasteiger charge is -2.17. The Morgan fingerprint density at radius 2 is 1.83 bits per heavy atom. The molecule has 3 aromatic rings. The normalized spacial score (nSPS) is 13.4. The zero-order valence-corrected chi connectivity index (χ0v) is 17.1. The Kier molecular flexibility index (Phi) is 5.22. The van der Waals surface area contributed by atoms with Crippen molar-refractivity contribution in [1.82, 2.24) is 9.78 Å². The molecule has 4 nitrogen and oxygen atoms in total. The van der Waals surface area contributed by atoms with Gasteiger partial charge in [0.1, 0.15) is 5.82 Å². The van der Waals surface area contributed by atoms with Crippen LogP contribution < -0.4 is 5.32 Å². The molecule has 0 spiro atoms. The number of carbonyl (C=O) groups is 1. The van der Waals surface area contributed by atoms with Crippen LogP contribution in [0.1, 0.15) is 65.5 Å². The number of hydrogen-bond acceptors (Lipinski definition) is 2. The van der Waals surface area contributed by atoms with Crippen LogP contribution >= 0.6 is 0 Å².